The third kappa shape index (κ3) is 2.70. The average Bonchev–Trinajstić information content (AvgIpc) is 3.14. The minimum Gasteiger partial charge on any atom is -0.497 e. The Bertz CT molecular complexity index is 1030. The van der Waals surface area contributed by atoms with Gasteiger partial charge in [0, 0.05) is 17.8 Å². The summed E-state index contributed by atoms with van der Waals surface area (Å²) in [5.41, 5.74) is 5.95. The minimum absolute atomic E-state index is 0.225. The maximum Gasteiger partial charge on any atom is 0.230 e. The zero-order chi connectivity index (χ0) is 23.0. The van der Waals surface area contributed by atoms with E-state index in [1.807, 2.05) is 0 Å². The molecule has 4 aliphatic carbocycles. The van der Waals surface area contributed by atoms with Gasteiger partial charge in [-0.05, 0) is 67.2 Å². The summed E-state index contributed by atoms with van der Waals surface area (Å²) in [7, 11) is 1.73. The zero-order valence-corrected chi connectivity index (χ0v) is 20.4. The lowest BCUT2D eigenvalue weighted by Gasteiger charge is -2.57. The Morgan fingerprint density at radius 2 is 1.68 bits per heavy atom. The Balaban J connectivity index is 1.41. The van der Waals surface area contributed by atoms with Gasteiger partial charge in [-0.3, -0.25) is 0 Å². The van der Waals surface area contributed by atoms with Crippen LogP contribution in [-0.2, 0) is 18.9 Å². The van der Waals surface area contributed by atoms with Gasteiger partial charge in [0.25, 0.3) is 0 Å². The molecule has 6 aliphatic rings. The van der Waals surface area contributed by atoms with E-state index in [0.717, 1.165) is 25.0 Å². The molecule has 5 heteroatoms. The van der Waals surface area contributed by atoms with Gasteiger partial charge in [0.1, 0.15) is 5.75 Å². The molecule has 0 unspecified atom stereocenters. The molecule has 4 atom stereocenters. The molecule has 0 amide bonds. The largest absolute Gasteiger partial charge is 0.497 e. The van der Waals surface area contributed by atoms with Crippen LogP contribution in [0.25, 0.3) is 5.57 Å². The number of methoxy groups -OCH3 is 1. The average molecular weight is 465 g/mol. The number of ether oxygens (including phenoxy) is 5. The van der Waals surface area contributed by atoms with E-state index in [-0.39, 0.29) is 5.41 Å². The lowest BCUT2D eigenvalue weighted by Crippen LogP contribution is -2.69. The smallest absolute Gasteiger partial charge is 0.230 e. The predicted molar refractivity (Wildman–Crippen MR) is 128 cm³/mol. The molecule has 0 spiro atoms. The molecule has 0 bridgehead atoms. The summed E-state index contributed by atoms with van der Waals surface area (Å²) in [6.45, 7) is 4.63. The van der Waals surface area contributed by atoms with Crippen molar-refractivity contribution in [2.75, 3.05) is 33.5 Å². The Hall–Kier alpha value is -1.66. The maximum atomic E-state index is 6.63. The van der Waals surface area contributed by atoms with E-state index in [4.69, 9.17) is 23.7 Å². The van der Waals surface area contributed by atoms with Crippen molar-refractivity contribution < 1.29 is 23.7 Å². The number of hydrogen-bond acceptors (Lipinski definition) is 5. The first-order chi connectivity index (χ1) is 16.6. The van der Waals surface area contributed by atoms with E-state index in [9.17, 15) is 0 Å². The van der Waals surface area contributed by atoms with Crippen LogP contribution in [0.15, 0.2) is 41.5 Å². The van der Waals surface area contributed by atoms with Crippen LogP contribution >= 0.6 is 0 Å². The Kier molecular flexibility index (Phi) is 4.87. The van der Waals surface area contributed by atoms with Crippen molar-refractivity contribution in [2.45, 2.75) is 63.4 Å². The van der Waals surface area contributed by atoms with Crippen molar-refractivity contribution in [3.63, 3.8) is 0 Å². The third-order valence-corrected chi connectivity index (χ3v) is 9.89. The first-order valence-electron chi connectivity index (χ1n) is 13.2. The summed E-state index contributed by atoms with van der Waals surface area (Å²) in [5, 5.41) is 0. The van der Waals surface area contributed by atoms with Crippen molar-refractivity contribution in [2.24, 2.45) is 23.2 Å². The van der Waals surface area contributed by atoms with Crippen LogP contribution in [0, 0.1) is 23.2 Å². The summed E-state index contributed by atoms with van der Waals surface area (Å²) >= 11 is 0. The standard InChI is InChI=1S/C29H36O5/c1-27-17-24(20-7-10-21(30-2)11-8-20)26-22-6-4-3-5-19(22)9-12-23(26)25(27)18-28-29(27,33-15-13-31-28)34-16-14-32-28/h7-11,22-23,25H,3-6,12-18H2,1-2H3/t22-,23-,25-,27-,28?,29?/m0/s1. The van der Waals surface area contributed by atoms with Crippen molar-refractivity contribution in [1.82, 2.24) is 0 Å². The van der Waals surface area contributed by atoms with Crippen molar-refractivity contribution in [3.8, 4) is 5.75 Å². The molecule has 2 saturated heterocycles. The molecule has 1 aromatic rings. The molecular weight excluding hydrogens is 428 g/mol. The molecule has 34 heavy (non-hydrogen) atoms. The number of fused-ring (bicyclic) bond motifs is 5. The van der Waals surface area contributed by atoms with Crippen LogP contribution in [0.5, 0.6) is 5.75 Å². The second-order valence-electron chi connectivity index (χ2n) is 11.3. The summed E-state index contributed by atoms with van der Waals surface area (Å²) in [4.78, 5) is 0. The molecule has 7 rings (SSSR count). The van der Waals surface area contributed by atoms with Gasteiger partial charge in [-0.2, -0.15) is 0 Å². The Morgan fingerprint density at radius 1 is 0.941 bits per heavy atom. The summed E-state index contributed by atoms with van der Waals surface area (Å²) in [6, 6.07) is 8.70. The zero-order valence-electron chi connectivity index (χ0n) is 20.4. The quantitative estimate of drug-likeness (QED) is 0.541. The van der Waals surface area contributed by atoms with Gasteiger partial charge in [-0.25, -0.2) is 0 Å². The molecule has 0 aromatic heterocycles. The molecule has 0 N–H and O–H groups in total. The van der Waals surface area contributed by atoms with Gasteiger partial charge < -0.3 is 23.7 Å². The molecule has 2 heterocycles. The van der Waals surface area contributed by atoms with E-state index >= 15 is 0 Å². The number of benzene rings is 1. The molecule has 4 fully saturated rings. The van der Waals surface area contributed by atoms with Crippen molar-refractivity contribution in [1.29, 1.82) is 0 Å². The fourth-order valence-corrected chi connectivity index (χ4v) is 8.53. The number of hydrogen-bond donors (Lipinski definition) is 0. The predicted octanol–water partition coefficient (Wildman–Crippen LogP) is 5.50. The fraction of sp³-hybridized carbons (Fsp3) is 0.655. The Labute approximate surface area is 202 Å². The molecule has 1 aromatic carbocycles. The highest BCUT2D eigenvalue weighted by atomic mass is 16.8. The van der Waals surface area contributed by atoms with Crippen LogP contribution < -0.4 is 4.74 Å². The third-order valence-electron chi connectivity index (χ3n) is 9.89. The summed E-state index contributed by atoms with van der Waals surface area (Å²) < 4.78 is 31.7. The topological polar surface area (TPSA) is 46.2 Å². The highest BCUT2D eigenvalue weighted by molar-refractivity contribution is 5.73. The summed E-state index contributed by atoms with van der Waals surface area (Å²) in [5.74, 6) is 0.720. The molecule has 2 saturated carbocycles. The first kappa shape index (κ1) is 21.6. The molecule has 5 nitrogen and oxygen atoms in total. The lowest BCUT2D eigenvalue weighted by atomic mass is 9.54. The fourth-order valence-electron chi connectivity index (χ4n) is 8.53. The van der Waals surface area contributed by atoms with Crippen LogP contribution in [0.3, 0.4) is 0 Å². The van der Waals surface area contributed by atoms with E-state index in [0.29, 0.717) is 44.2 Å². The summed E-state index contributed by atoms with van der Waals surface area (Å²) in [6.07, 6.45) is 10.6. The van der Waals surface area contributed by atoms with Crippen LogP contribution in [0.2, 0.25) is 0 Å². The Morgan fingerprint density at radius 3 is 2.41 bits per heavy atom. The minimum atomic E-state index is -0.846. The van der Waals surface area contributed by atoms with Crippen molar-refractivity contribution in [3.05, 3.63) is 47.1 Å². The normalized spacial score (nSPS) is 43.1. The molecule has 0 radical (unpaired) electrons. The highest BCUT2D eigenvalue weighted by Crippen LogP contribution is 2.71. The first-order valence-corrected chi connectivity index (χ1v) is 13.2. The van der Waals surface area contributed by atoms with Gasteiger partial charge in [-0.15, -0.1) is 0 Å². The molecule has 182 valence electrons. The monoisotopic (exact) mass is 464 g/mol. The number of allylic oxidation sites excluding steroid dienone is 4. The van der Waals surface area contributed by atoms with E-state index in [1.165, 1.54) is 36.8 Å². The lowest BCUT2D eigenvalue weighted by molar-refractivity contribution is -0.472. The van der Waals surface area contributed by atoms with Gasteiger partial charge in [0.15, 0.2) is 0 Å². The van der Waals surface area contributed by atoms with E-state index < -0.39 is 11.6 Å². The van der Waals surface area contributed by atoms with Crippen LogP contribution in [-0.4, -0.2) is 45.1 Å². The molecule has 2 aliphatic heterocycles. The van der Waals surface area contributed by atoms with Crippen LogP contribution in [0.4, 0.5) is 0 Å². The number of rotatable bonds is 2. The highest BCUT2D eigenvalue weighted by Gasteiger charge is 2.78. The SMILES string of the molecule is COc1ccc(C2=C3[C@H]4CCCCC4=CC[C@H]3[C@@H]3CC45OCCOC4(OCCO5)[C@@]3(C)C2)cc1. The van der Waals surface area contributed by atoms with Crippen LogP contribution in [0.1, 0.15) is 57.4 Å². The van der Waals surface area contributed by atoms with E-state index in [2.05, 4.69) is 37.3 Å². The van der Waals surface area contributed by atoms with E-state index in [1.54, 1.807) is 18.3 Å². The second-order valence-corrected chi connectivity index (χ2v) is 11.3. The van der Waals surface area contributed by atoms with Gasteiger partial charge in [0.2, 0.25) is 11.6 Å². The van der Waals surface area contributed by atoms with Gasteiger partial charge in [0.05, 0.1) is 33.5 Å². The maximum absolute atomic E-state index is 6.63. The van der Waals surface area contributed by atoms with Gasteiger partial charge in [-0.1, -0.05) is 42.7 Å². The van der Waals surface area contributed by atoms with Gasteiger partial charge >= 0.3 is 0 Å². The second kappa shape index (κ2) is 7.67. The van der Waals surface area contributed by atoms with Crippen molar-refractivity contribution >= 4 is 5.57 Å². The molecular formula is C29H36O5.